The third-order valence-corrected chi connectivity index (χ3v) is 2.76. The number of aryl methyl sites for hydroxylation is 1. The van der Waals surface area contributed by atoms with Crippen LogP contribution in [0.1, 0.15) is 21.6 Å². The van der Waals surface area contributed by atoms with Gasteiger partial charge in [0, 0.05) is 16.6 Å². The minimum absolute atomic E-state index is 0.116. The molecule has 16 heavy (non-hydrogen) atoms. The molecule has 0 spiro atoms. The lowest BCUT2D eigenvalue weighted by molar-refractivity contribution is 0.0699. The van der Waals surface area contributed by atoms with E-state index in [-0.39, 0.29) is 11.0 Å². The number of fused-ring (bicyclic) bond motifs is 1. The largest absolute Gasteiger partial charge is 0.478 e. The molecule has 0 unspecified atom stereocenters. The lowest BCUT2D eigenvalue weighted by atomic mass is 10.1. The fraction of sp³-hybridized carbons (Fsp3) is 0.167. The van der Waals surface area contributed by atoms with Crippen LogP contribution in [0.3, 0.4) is 0 Å². The smallest absolute Gasteiger partial charge is 0.337 e. The Bertz CT molecular complexity index is 640. The first kappa shape index (κ1) is 10.4. The first-order valence-corrected chi connectivity index (χ1v) is 4.88. The fourth-order valence-corrected chi connectivity index (χ4v) is 1.71. The van der Waals surface area contributed by atoms with E-state index in [4.69, 9.17) is 5.11 Å². The van der Waals surface area contributed by atoms with Crippen molar-refractivity contribution in [2.75, 3.05) is 0 Å². The van der Waals surface area contributed by atoms with E-state index in [1.165, 1.54) is 6.07 Å². The number of pyridine rings is 1. The van der Waals surface area contributed by atoms with Gasteiger partial charge >= 0.3 is 5.97 Å². The number of H-pyrrole nitrogens is 1. The Morgan fingerprint density at radius 2 is 2.00 bits per heavy atom. The molecule has 0 saturated carbocycles. The van der Waals surface area contributed by atoms with Crippen LogP contribution >= 0.6 is 0 Å². The predicted octanol–water partition coefficient (Wildman–Crippen LogP) is 1.84. The van der Waals surface area contributed by atoms with E-state index in [2.05, 4.69) is 4.98 Å². The summed E-state index contributed by atoms with van der Waals surface area (Å²) >= 11 is 0. The first-order chi connectivity index (χ1) is 7.52. The molecule has 2 aromatic rings. The van der Waals surface area contributed by atoms with Crippen molar-refractivity contribution in [1.82, 2.24) is 4.98 Å². The monoisotopic (exact) mass is 217 g/mol. The molecule has 0 aliphatic rings. The van der Waals surface area contributed by atoms with Crippen molar-refractivity contribution in [2.45, 2.75) is 13.8 Å². The summed E-state index contributed by atoms with van der Waals surface area (Å²) in [6.07, 6.45) is 0. The van der Waals surface area contributed by atoms with Crippen molar-refractivity contribution >= 4 is 16.9 Å². The molecule has 0 aliphatic heterocycles. The molecule has 1 heterocycles. The summed E-state index contributed by atoms with van der Waals surface area (Å²) in [5.74, 6) is -1.04. The fourth-order valence-electron chi connectivity index (χ4n) is 1.71. The van der Waals surface area contributed by atoms with Gasteiger partial charge in [0.25, 0.3) is 0 Å². The first-order valence-electron chi connectivity index (χ1n) is 4.88. The topological polar surface area (TPSA) is 70.2 Å². The molecule has 0 radical (unpaired) electrons. The molecule has 2 N–H and O–H groups in total. The van der Waals surface area contributed by atoms with Crippen molar-refractivity contribution in [3.63, 3.8) is 0 Å². The third kappa shape index (κ3) is 1.39. The number of rotatable bonds is 1. The second-order valence-corrected chi connectivity index (χ2v) is 3.74. The molecule has 2 rings (SSSR count). The van der Waals surface area contributed by atoms with Gasteiger partial charge in [-0.25, -0.2) is 4.79 Å². The molecule has 1 aromatic heterocycles. The number of aromatic carboxylic acids is 1. The summed E-state index contributed by atoms with van der Waals surface area (Å²) in [6.45, 7) is 3.48. The number of hydrogen-bond donors (Lipinski definition) is 2. The highest BCUT2D eigenvalue weighted by Gasteiger charge is 2.12. The lowest BCUT2D eigenvalue weighted by Crippen LogP contribution is -2.11. The molecule has 1 aromatic carbocycles. The highest BCUT2D eigenvalue weighted by Crippen LogP contribution is 2.15. The minimum atomic E-state index is -1.04. The Morgan fingerprint density at radius 1 is 1.31 bits per heavy atom. The zero-order valence-electron chi connectivity index (χ0n) is 9.00. The Morgan fingerprint density at radius 3 is 2.62 bits per heavy atom. The molecule has 0 fully saturated rings. The molecule has 0 bridgehead atoms. The van der Waals surface area contributed by atoms with E-state index < -0.39 is 5.97 Å². The second kappa shape index (κ2) is 3.48. The highest BCUT2D eigenvalue weighted by atomic mass is 16.4. The van der Waals surface area contributed by atoms with Crippen LogP contribution in [0.15, 0.2) is 23.0 Å². The van der Waals surface area contributed by atoms with Crippen molar-refractivity contribution in [1.29, 1.82) is 0 Å². The number of aromatic nitrogens is 1. The van der Waals surface area contributed by atoms with E-state index >= 15 is 0 Å². The Hall–Kier alpha value is -2.10. The van der Waals surface area contributed by atoms with Crippen LogP contribution in [0.5, 0.6) is 0 Å². The van der Waals surface area contributed by atoms with Crippen molar-refractivity contribution in [2.24, 2.45) is 0 Å². The summed E-state index contributed by atoms with van der Waals surface area (Å²) in [7, 11) is 0. The van der Waals surface area contributed by atoms with Gasteiger partial charge in [0.15, 0.2) is 5.43 Å². The maximum atomic E-state index is 11.9. The molecule has 82 valence electrons. The van der Waals surface area contributed by atoms with Crippen LogP contribution in [-0.4, -0.2) is 16.1 Å². The van der Waals surface area contributed by atoms with Crippen LogP contribution in [0.25, 0.3) is 10.9 Å². The summed E-state index contributed by atoms with van der Waals surface area (Å²) < 4.78 is 0. The van der Waals surface area contributed by atoms with Gasteiger partial charge in [-0.2, -0.15) is 0 Å². The highest BCUT2D eigenvalue weighted by molar-refractivity contribution is 6.01. The number of benzene rings is 1. The zero-order valence-corrected chi connectivity index (χ0v) is 9.00. The van der Waals surface area contributed by atoms with Gasteiger partial charge in [0.1, 0.15) is 0 Å². The summed E-state index contributed by atoms with van der Waals surface area (Å²) in [5, 5.41) is 9.43. The number of nitrogens with one attached hydrogen (secondary N) is 1. The second-order valence-electron chi connectivity index (χ2n) is 3.74. The van der Waals surface area contributed by atoms with Gasteiger partial charge in [0.05, 0.1) is 11.1 Å². The summed E-state index contributed by atoms with van der Waals surface area (Å²) in [5.41, 5.74) is 1.72. The van der Waals surface area contributed by atoms with Gasteiger partial charge in [-0.15, -0.1) is 0 Å². The number of aromatic amines is 1. The van der Waals surface area contributed by atoms with Crippen LogP contribution in [0.2, 0.25) is 0 Å². The molecule has 0 saturated heterocycles. The molecule has 4 heteroatoms. The van der Waals surface area contributed by atoms with Crippen molar-refractivity contribution < 1.29 is 9.90 Å². The summed E-state index contributed by atoms with van der Waals surface area (Å²) in [4.78, 5) is 25.9. The third-order valence-electron chi connectivity index (χ3n) is 2.76. The molecule has 4 nitrogen and oxygen atoms in total. The zero-order chi connectivity index (χ0) is 11.9. The molecule has 0 amide bonds. The lowest BCUT2D eigenvalue weighted by Gasteiger charge is -2.06. The van der Waals surface area contributed by atoms with E-state index in [1.54, 1.807) is 26.0 Å². The Balaban J connectivity index is 3.01. The van der Waals surface area contributed by atoms with Gasteiger partial charge in [0.2, 0.25) is 0 Å². The van der Waals surface area contributed by atoms with E-state index in [0.29, 0.717) is 22.2 Å². The van der Waals surface area contributed by atoms with Gasteiger partial charge < -0.3 is 10.1 Å². The Kier molecular flexibility index (Phi) is 2.27. The number of para-hydroxylation sites is 1. The van der Waals surface area contributed by atoms with E-state index in [0.717, 1.165) is 0 Å². The Labute approximate surface area is 91.5 Å². The van der Waals surface area contributed by atoms with Gasteiger partial charge in [-0.3, -0.25) is 4.79 Å². The molecular weight excluding hydrogens is 206 g/mol. The average Bonchev–Trinajstić information content (AvgIpc) is 2.25. The van der Waals surface area contributed by atoms with Crippen molar-refractivity contribution in [3.8, 4) is 0 Å². The molecule has 0 aliphatic carbocycles. The maximum absolute atomic E-state index is 11.9. The SMILES string of the molecule is Cc1[nH]c2c(C(=O)O)cccc2c(=O)c1C. The number of carbonyl (C=O) groups is 1. The van der Waals surface area contributed by atoms with Crippen LogP contribution in [-0.2, 0) is 0 Å². The minimum Gasteiger partial charge on any atom is -0.478 e. The average molecular weight is 217 g/mol. The van der Waals surface area contributed by atoms with E-state index in [1.807, 2.05) is 0 Å². The number of carboxylic acids is 1. The van der Waals surface area contributed by atoms with Crippen LogP contribution in [0.4, 0.5) is 0 Å². The van der Waals surface area contributed by atoms with E-state index in [9.17, 15) is 9.59 Å². The summed E-state index contributed by atoms with van der Waals surface area (Å²) in [6, 6.07) is 4.69. The maximum Gasteiger partial charge on any atom is 0.337 e. The normalized spacial score (nSPS) is 10.6. The standard InChI is InChI=1S/C12H11NO3/c1-6-7(2)13-10-8(11(6)14)4-3-5-9(10)12(15)16/h3-5H,1-2H3,(H,13,14)(H,15,16). The number of carboxylic acid groups (broad SMARTS) is 1. The molecule has 0 atom stereocenters. The quantitative estimate of drug-likeness (QED) is 0.765. The van der Waals surface area contributed by atoms with Crippen molar-refractivity contribution in [3.05, 3.63) is 45.2 Å². The van der Waals surface area contributed by atoms with Crippen LogP contribution in [0, 0.1) is 13.8 Å². The predicted molar refractivity (Wildman–Crippen MR) is 61.0 cm³/mol. The van der Waals surface area contributed by atoms with Crippen LogP contribution < -0.4 is 5.43 Å². The number of hydrogen-bond acceptors (Lipinski definition) is 2. The van der Waals surface area contributed by atoms with Gasteiger partial charge in [-0.05, 0) is 26.0 Å². The van der Waals surface area contributed by atoms with Gasteiger partial charge in [-0.1, -0.05) is 6.07 Å². The molecular formula is C12H11NO3.